The zero-order valence-corrected chi connectivity index (χ0v) is 13.8. The van der Waals surface area contributed by atoms with Gasteiger partial charge in [0.05, 0.1) is 0 Å². The summed E-state index contributed by atoms with van der Waals surface area (Å²) in [4.78, 5) is 4.59. The molecule has 0 unspecified atom stereocenters. The Hall–Kier alpha value is -1.14. The number of hydrogen-bond acceptors (Lipinski definition) is 4. The molecule has 6 heteroatoms. The first kappa shape index (κ1) is 15.7. The molecule has 0 amide bonds. The number of hydrogen-bond donors (Lipinski definition) is 1. The maximum absolute atomic E-state index is 12.4. The van der Waals surface area contributed by atoms with Gasteiger partial charge in [-0.3, -0.25) is 0 Å². The number of sulfonamides is 1. The Balaban J connectivity index is 1.60. The molecule has 0 bridgehead atoms. The van der Waals surface area contributed by atoms with E-state index in [1.54, 1.807) is 16.4 Å². The second-order valence-electron chi connectivity index (χ2n) is 6.38. The Morgan fingerprint density at radius 2 is 1.82 bits per heavy atom. The van der Waals surface area contributed by atoms with Crippen LogP contribution in [0, 0.1) is 5.92 Å². The van der Waals surface area contributed by atoms with Gasteiger partial charge in [0, 0.05) is 25.8 Å². The van der Waals surface area contributed by atoms with E-state index in [1.165, 1.54) is 38.3 Å². The molecule has 2 fully saturated rings. The van der Waals surface area contributed by atoms with Gasteiger partial charge in [-0.15, -0.1) is 0 Å². The normalized spacial score (nSPS) is 21.1. The Morgan fingerprint density at radius 3 is 2.45 bits per heavy atom. The molecule has 1 aliphatic heterocycles. The number of nitrogens with one attached hydrogen (secondary N) is 1. The van der Waals surface area contributed by atoms with Crippen LogP contribution in [0.15, 0.2) is 23.2 Å². The van der Waals surface area contributed by atoms with Crippen molar-refractivity contribution >= 4 is 15.8 Å². The van der Waals surface area contributed by atoms with Gasteiger partial charge in [0.2, 0.25) is 10.0 Å². The lowest BCUT2D eigenvalue weighted by atomic mass is 9.89. The molecule has 1 aromatic rings. The molecule has 2 heterocycles. The van der Waals surface area contributed by atoms with E-state index in [1.807, 2.05) is 0 Å². The van der Waals surface area contributed by atoms with Gasteiger partial charge in [0.25, 0.3) is 0 Å². The van der Waals surface area contributed by atoms with E-state index in [-0.39, 0.29) is 0 Å². The van der Waals surface area contributed by atoms with Gasteiger partial charge in [-0.05, 0) is 43.7 Å². The summed E-state index contributed by atoms with van der Waals surface area (Å²) >= 11 is 0. The lowest BCUT2D eigenvalue weighted by Gasteiger charge is -2.22. The maximum atomic E-state index is 12.4. The molecule has 5 nitrogen and oxygen atoms in total. The first-order valence-electron chi connectivity index (χ1n) is 8.36. The fraction of sp³-hybridized carbons (Fsp3) is 0.688. The van der Waals surface area contributed by atoms with Gasteiger partial charge in [0.15, 0.2) is 0 Å². The monoisotopic (exact) mass is 323 g/mol. The Morgan fingerprint density at radius 1 is 1.09 bits per heavy atom. The number of rotatable bonds is 5. The zero-order chi connectivity index (χ0) is 15.4. The fourth-order valence-corrected chi connectivity index (χ4v) is 4.82. The van der Waals surface area contributed by atoms with Crippen LogP contribution in [0.4, 0.5) is 5.82 Å². The molecule has 122 valence electrons. The highest BCUT2D eigenvalue weighted by Crippen LogP contribution is 2.24. The summed E-state index contributed by atoms with van der Waals surface area (Å²) in [5, 5.41) is 3.34. The Kier molecular flexibility index (Phi) is 4.98. The highest BCUT2D eigenvalue weighted by Gasteiger charge is 2.27. The minimum atomic E-state index is -3.35. The largest absolute Gasteiger partial charge is 0.370 e. The van der Waals surface area contributed by atoms with E-state index in [0.29, 0.717) is 18.0 Å². The van der Waals surface area contributed by atoms with Crippen LogP contribution in [0.2, 0.25) is 0 Å². The number of anilines is 1. The van der Waals surface area contributed by atoms with E-state index >= 15 is 0 Å². The van der Waals surface area contributed by atoms with Crippen molar-refractivity contribution in [1.29, 1.82) is 0 Å². The maximum Gasteiger partial charge on any atom is 0.244 e. The molecule has 1 N–H and O–H groups in total. The molecule has 1 aliphatic carbocycles. The Labute approximate surface area is 133 Å². The molecule has 0 aromatic carbocycles. The summed E-state index contributed by atoms with van der Waals surface area (Å²) in [5.74, 6) is 1.49. The summed E-state index contributed by atoms with van der Waals surface area (Å²) in [7, 11) is -3.35. The van der Waals surface area contributed by atoms with Crippen LogP contribution in [0.5, 0.6) is 0 Å². The topological polar surface area (TPSA) is 62.3 Å². The van der Waals surface area contributed by atoms with E-state index in [0.717, 1.165) is 31.1 Å². The van der Waals surface area contributed by atoms with Crippen LogP contribution in [-0.2, 0) is 10.0 Å². The van der Waals surface area contributed by atoms with E-state index in [2.05, 4.69) is 10.3 Å². The highest BCUT2D eigenvalue weighted by atomic mass is 32.2. The quantitative estimate of drug-likeness (QED) is 0.905. The second kappa shape index (κ2) is 6.96. The summed E-state index contributed by atoms with van der Waals surface area (Å²) < 4.78 is 26.4. The average molecular weight is 323 g/mol. The van der Waals surface area contributed by atoms with Gasteiger partial charge in [-0.1, -0.05) is 19.3 Å². The second-order valence-corrected chi connectivity index (χ2v) is 8.31. The molecule has 1 saturated heterocycles. The zero-order valence-electron chi connectivity index (χ0n) is 13.0. The van der Waals surface area contributed by atoms with E-state index in [9.17, 15) is 8.42 Å². The lowest BCUT2D eigenvalue weighted by Crippen LogP contribution is -2.28. The summed E-state index contributed by atoms with van der Waals surface area (Å²) in [5.41, 5.74) is 0. The van der Waals surface area contributed by atoms with Gasteiger partial charge < -0.3 is 5.32 Å². The minimum Gasteiger partial charge on any atom is -0.370 e. The molecule has 1 saturated carbocycles. The Bertz CT molecular complexity index is 574. The van der Waals surface area contributed by atoms with Crippen molar-refractivity contribution in [1.82, 2.24) is 9.29 Å². The summed E-state index contributed by atoms with van der Waals surface area (Å²) in [6.07, 6.45) is 9.97. The third-order valence-electron chi connectivity index (χ3n) is 4.74. The number of pyridine rings is 1. The van der Waals surface area contributed by atoms with Crippen LogP contribution in [0.25, 0.3) is 0 Å². The summed E-state index contributed by atoms with van der Waals surface area (Å²) in [6.45, 7) is 2.19. The van der Waals surface area contributed by atoms with Crippen LogP contribution in [0.1, 0.15) is 44.9 Å². The highest BCUT2D eigenvalue weighted by molar-refractivity contribution is 7.89. The SMILES string of the molecule is O=S(=O)(c1ccc(NCC2CCCCC2)nc1)N1CCCC1. The summed E-state index contributed by atoms with van der Waals surface area (Å²) in [6, 6.07) is 3.45. The predicted octanol–water partition coefficient (Wildman–Crippen LogP) is 2.86. The van der Waals surface area contributed by atoms with Crippen molar-refractivity contribution < 1.29 is 8.42 Å². The molecule has 2 aliphatic rings. The van der Waals surface area contributed by atoms with Crippen molar-refractivity contribution in [3.63, 3.8) is 0 Å². The minimum absolute atomic E-state index is 0.303. The van der Waals surface area contributed by atoms with Crippen LogP contribution >= 0.6 is 0 Å². The average Bonchev–Trinajstić information content (AvgIpc) is 3.10. The van der Waals surface area contributed by atoms with Gasteiger partial charge in [-0.2, -0.15) is 4.31 Å². The molecular weight excluding hydrogens is 298 g/mol. The van der Waals surface area contributed by atoms with Crippen molar-refractivity contribution in [2.45, 2.75) is 49.8 Å². The standard InChI is InChI=1S/C16H25N3O2S/c20-22(21,19-10-4-5-11-19)15-8-9-16(18-13-15)17-12-14-6-2-1-3-7-14/h8-9,13-14H,1-7,10-12H2,(H,17,18). The van der Waals surface area contributed by atoms with Crippen molar-refractivity contribution in [3.8, 4) is 0 Å². The molecule has 1 aromatic heterocycles. The first-order chi connectivity index (χ1) is 10.7. The van der Waals surface area contributed by atoms with Crippen LogP contribution < -0.4 is 5.32 Å². The third kappa shape index (κ3) is 3.60. The smallest absolute Gasteiger partial charge is 0.244 e. The number of nitrogens with zero attached hydrogens (tertiary/aromatic N) is 2. The molecule has 0 radical (unpaired) electrons. The van der Waals surface area contributed by atoms with Crippen molar-refractivity contribution in [2.75, 3.05) is 25.0 Å². The van der Waals surface area contributed by atoms with Crippen molar-refractivity contribution in [3.05, 3.63) is 18.3 Å². The van der Waals surface area contributed by atoms with Crippen LogP contribution in [0.3, 0.4) is 0 Å². The van der Waals surface area contributed by atoms with Crippen LogP contribution in [-0.4, -0.2) is 37.3 Å². The molecule has 22 heavy (non-hydrogen) atoms. The lowest BCUT2D eigenvalue weighted by molar-refractivity contribution is 0.373. The fourth-order valence-electron chi connectivity index (χ4n) is 3.36. The molecule has 0 spiro atoms. The van der Waals surface area contributed by atoms with Gasteiger partial charge in [0.1, 0.15) is 10.7 Å². The molecule has 3 rings (SSSR count). The number of aromatic nitrogens is 1. The molecular formula is C16H25N3O2S. The first-order valence-corrected chi connectivity index (χ1v) is 9.80. The predicted molar refractivity (Wildman–Crippen MR) is 87.3 cm³/mol. The van der Waals surface area contributed by atoms with Gasteiger partial charge >= 0.3 is 0 Å². The molecule has 0 atom stereocenters. The van der Waals surface area contributed by atoms with Crippen molar-refractivity contribution in [2.24, 2.45) is 5.92 Å². The van der Waals surface area contributed by atoms with E-state index in [4.69, 9.17) is 0 Å². The van der Waals surface area contributed by atoms with Gasteiger partial charge in [-0.25, -0.2) is 13.4 Å². The third-order valence-corrected chi connectivity index (χ3v) is 6.62. The van der Waals surface area contributed by atoms with E-state index < -0.39 is 10.0 Å².